The van der Waals surface area contributed by atoms with Crippen LogP contribution in [0.1, 0.15) is 57.2 Å². The Labute approximate surface area is 190 Å². The predicted octanol–water partition coefficient (Wildman–Crippen LogP) is 7.21. The molecule has 0 atom stereocenters. The molecule has 0 radical (unpaired) electrons. The molecule has 0 aliphatic heterocycles. The molecule has 1 heterocycles. The molecule has 3 rings (SSSR count). The van der Waals surface area contributed by atoms with E-state index in [0.717, 1.165) is 24.1 Å². The molecule has 0 aliphatic rings. The van der Waals surface area contributed by atoms with Crippen LogP contribution in [-0.4, -0.2) is 17.4 Å². The lowest BCUT2D eigenvalue weighted by Crippen LogP contribution is -2.24. The van der Waals surface area contributed by atoms with Crippen LogP contribution in [0.5, 0.6) is 5.75 Å². The molecule has 0 bridgehead atoms. The summed E-state index contributed by atoms with van der Waals surface area (Å²) in [5, 5.41) is 6.44. The minimum atomic E-state index is -4.82. The van der Waals surface area contributed by atoms with Gasteiger partial charge in [-0.3, -0.25) is 4.79 Å². The molecular formula is C25H27F3N2O3. The zero-order valence-corrected chi connectivity index (χ0v) is 19.2. The fourth-order valence-electron chi connectivity index (χ4n) is 4.00. The van der Waals surface area contributed by atoms with Crippen molar-refractivity contribution in [3.63, 3.8) is 0 Å². The molecule has 1 amide bonds. The third-order valence-corrected chi connectivity index (χ3v) is 4.99. The number of amides is 1. The van der Waals surface area contributed by atoms with Crippen molar-refractivity contribution in [1.82, 2.24) is 5.16 Å². The molecule has 1 N–H and O–H groups in total. The molecule has 0 unspecified atom stereocenters. The van der Waals surface area contributed by atoms with Crippen LogP contribution in [0.2, 0.25) is 0 Å². The first-order valence-corrected chi connectivity index (χ1v) is 10.5. The van der Waals surface area contributed by atoms with Crippen LogP contribution in [0.15, 0.2) is 59.1 Å². The highest BCUT2D eigenvalue weighted by atomic mass is 19.4. The second-order valence-electron chi connectivity index (χ2n) is 9.80. The summed E-state index contributed by atoms with van der Waals surface area (Å²) in [6, 6.07) is 14.4. The maximum absolute atomic E-state index is 12.5. The van der Waals surface area contributed by atoms with Gasteiger partial charge in [-0.05, 0) is 34.9 Å². The summed E-state index contributed by atoms with van der Waals surface area (Å²) >= 11 is 0. The molecule has 2 aromatic carbocycles. The number of carbonyl (C=O) groups excluding carboxylic acids is 1. The van der Waals surface area contributed by atoms with E-state index in [9.17, 15) is 18.0 Å². The maximum atomic E-state index is 12.5. The molecule has 8 heteroatoms. The second kappa shape index (κ2) is 8.92. The second-order valence-corrected chi connectivity index (χ2v) is 9.80. The van der Waals surface area contributed by atoms with E-state index in [2.05, 4.69) is 49.8 Å². The van der Waals surface area contributed by atoms with Crippen molar-refractivity contribution in [1.29, 1.82) is 0 Å². The van der Waals surface area contributed by atoms with Crippen molar-refractivity contribution in [2.45, 2.75) is 52.8 Å². The molecule has 0 fully saturated rings. The Morgan fingerprint density at radius 2 is 1.67 bits per heavy atom. The summed E-state index contributed by atoms with van der Waals surface area (Å²) in [6.07, 6.45) is -3.80. The number of ether oxygens (including phenoxy) is 1. The van der Waals surface area contributed by atoms with Gasteiger partial charge in [-0.1, -0.05) is 70.1 Å². The van der Waals surface area contributed by atoms with Gasteiger partial charge in [-0.25, -0.2) is 0 Å². The van der Waals surface area contributed by atoms with Crippen molar-refractivity contribution >= 4 is 11.6 Å². The fourth-order valence-corrected chi connectivity index (χ4v) is 4.00. The lowest BCUT2D eigenvalue weighted by molar-refractivity contribution is -0.274. The fraction of sp³-hybridized carbons (Fsp3) is 0.360. The van der Waals surface area contributed by atoms with Crippen molar-refractivity contribution in [3.8, 4) is 17.0 Å². The first-order chi connectivity index (χ1) is 15.2. The number of hydrogen-bond acceptors (Lipinski definition) is 4. The maximum Gasteiger partial charge on any atom is 0.573 e. The summed E-state index contributed by atoms with van der Waals surface area (Å²) < 4.78 is 46.2. The van der Waals surface area contributed by atoms with Crippen LogP contribution in [0.25, 0.3) is 11.3 Å². The summed E-state index contributed by atoms with van der Waals surface area (Å²) in [4.78, 5) is 12.5. The smallest absolute Gasteiger partial charge is 0.406 e. The normalized spacial score (nSPS) is 12.5. The van der Waals surface area contributed by atoms with Crippen LogP contribution in [0.3, 0.4) is 0 Å². The Hall–Kier alpha value is -3.29. The third-order valence-electron chi connectivity index (χ3n) is 4.99. The highest BCUT2D eigenvalue weighted by molar-refractivity contribution is 6.02. The van der Waals surface area contributed by atoms with Crippen molar-refractivity contribution in [3.05, 3.63) is 65.9 Å². The van der Waals surface area contributed by atoms with Crippen molar-refractivity contribution in [2.75, 3.05) is 5.32 Å². The molecular weight excluding hydrogens is 433 g/mol. The molecule has 0 spiro atoms. The molecule has 33 heavy (non-hydrogen) atoms. The summed E-state index contributed by atoms with van der Waals surface area (Å²) in [5.74, 6) is -1.14. The number of anilines is 1. The Morgan fingerprint density at radius 3 is 2.27 bits per heavy atom. The first-order valence-electron chi connectivity index (χ1n) is 10.5. The quantitative estimate of drug-likeness (QED) is 0.422. The largest absolute Gasteiger partial charge is 0.573 e. The Bertz CT molecular complexity index is 1110. The number of benzene rings is 2. The lowest BCUT2D eigenvalue weighted by Gasteiger charge is -2.33. The van der Waals surface area contributed by atoms with E-state index in [0.29, 0.717) is 5.69 Å². The molecule has 1 aromatic heterocycles. The van der Waals surface area contributed by atoms with E-state index < -0.39 is 18.0 Å². The summed E-state index contributed by atoms with van der Waals surface area (Å²) in [6.45, 7) is 11.1. The van der Waals surface area contributed by atoms with E-state index in [1.54, 1.807) is 0 Å². The summed E-state index contributed by atoms with van der Waals surface area (Å²) in [7, 11) is 0. The number of alkyl halides is 3. The standard InChI is InChI=1S/C25H27F3N2O3/c1-23(2,3)15-24(4,5)17-11-9-16(10-12-17)20-14-21(33-30-20)22(31)29-18-7-6-8-19(13-18)32-25(26,27)28/h6-14H,15H2,1-5H3,(H,29,31). The minimum Gasteiger partial charge on any atom is -0.406 e. The monoisotopic (exact) mass is 460 g/mol. The molecule has 176 valence electrons. The van der Waals surface area contributed by atoms with Crippen molar-refractivity contribution in [2.24, 2.45) is 5.41 Å². The van der Waals surface area contributed by atoms with Gasteiger partial charge in [0.25, 0.3) is 5.91 Å². The van der Waals surface area contributed by atoms with Gasteiger partial charge in [0.1, 0.15) is 11.4 Å². The number of rotatable bonds is 6. The van der Waals surface area contributed by atoms with E-state index in [1.165, 1.54) is 23.8 Å². The summed E-state index contributed by atoms with van der Waals surface area (Å²) in [5.41, 5.74) is 2.78. The number of halogens is 3. The zero-order chi connectivity index (χ0) is 24.4. The van der Waals surface area contributed by atoms with Gasteiger partial charge in [0.15, 0.2) is 0 Å². The minimum absolute atomic E-state index is 0.00395. The molecule has 3 aromatic rings. The highest BCUT2D eigenvalue weighted by Gasteiger charge is 2.31. The number of nitrogens with one attached hydrogen (secondary N) is 1. The first kappa shape index (κ1) is 24.4. The van der Waals surface area contributed by atoms with E-state index >= 15 is 0 Å². The Kier molecular flexibility index (Phi) is 6.58. The lowest BCUT2D eigenvalue weighted by atomic mass is 9.72. The SMILES string of the molecule is CC(C)(C)CC(C)(C)c1ccc(-c2cc(C(=O)Nc3cccc(OC(F)(F)F)c3)on2)cc1. The average molecular weight is 460 g/mol. The van der Waals surface area contributed by atoms with Gasteiger partial charge in [0.05, 0.1) is 0 Å². The van der Waals surface area contributed by atoms with Crippen molar-refractivity contribution < 1.29 is 27.2 Å². The highest BCUT2D eigenvalue weighted by Crippen LogP contribution is 2.37. The topological polar surface area (TPSA) is 64.4 Å². The number of aromatic nitrogens is 1. The molecule has 5 nitrogen and oxygen atoms in total. The van der Waals surface area contributed by atoms with Crippen LogP contribution in [0, 0.1) is 5.41 Å². The van der Waals surface area contributed by atoms with Crippen LogP contribution in [0.4, 0.5) is 18.9 Å². The number of hydrogen-bond donors (Lipinski definition) is 1. The Morgan fingerprint density at radius 1 is 1.00 bits per heavy atom. The van der Waals surface area contributed by atoms with E-state index in [-0.39, 0.29) is 22.3 Å². The van der Waals surface area contributed by atoms with Gasteiger partial charge >= 0.3 is 6.36 Å². The Balaban J connectivity index is 1.71. The van der Waals surface area contributed by atoms with E-state index in [1.807, 2.05) is 24.3 Å². The number of carbonyl (C=O) groups is 1. The van der Waals surface area contributed by atoms with Gasteiger partial charge in [0.2, 0.25) is 5.76 Å². The molecule has 0 saturated heterocycles. The van der Waals surface area contributed by atoms with Crippen LogP contribution in [-0.2, 0) is 5.41 Å². The third kappa shape index (κ3) is 6.84. The van der Waals surface area contributed by atoms with Gasteiger partial charge in [-0.15, -0.1) is 13.2 Å². The zero-order valence-electron chi connectivity index (χ0n) is 19.2. The number of nitrogens with zero attached hydrogens (tertiary/aromatic N) is 1. The van der Waals surface area contributed by atoms with E-state index in [4.69, 9.17) is 4.52 Å². The predicted molar refractivity (Wildman–Crippen MR) is 120 cm³/mol. The van der Waals surface area contributed by atoms with Gasteiger partial charge in [-0.2, -0.15) is 0 Å². The van der Waals surface area contributed by atoms with Crippen LogP contribution < -0.4 is 10.1 Å². The molecule has 0 aliphatic carbocycles. The van der Waals surface area contributed by atoms with Crippen LogP contribution >= 0.6 is 0 Å². The van der Waals surface area contributed by atoms with Gasteiger partial charge < -0.3 is 14.6 Å². The average Bonchev–Trinajstić information content (AvgIpc) is 3.15. The molecule has 0 saturated carbocycles. The van der Waals surface area contributed by atoms with Gasteiger partial charge in [0, 0.05) is 23.4 Å².